The zero-order valence-corrected chi connectivity index (χ0v) is 9.93. The molecule has 0 fully saturated rings. The predicted molar refractivity (Wildman–Crippen MR) is 63.9 cm³/mol. The van der Waals surface area contributed by atoms with Crippen molar-refractivity contribution in [1.82, 2.24) is 0 Å². The molecule has 2 unspecified atom stereocenters. The molecule has 0 amide bonds. The van der Waals surface area contributed by atoms with Gasteiger partial charge in [0.25, 0.3) is 0 Å². The molecular weight excluding hydrogens is 204 g/mol. The van der Waals surface area contributed by atoms with Gasteiger partial charge in [0.05, 0.1) is 13.2 Å². The summed E-state index contributed by atoms with van der Waals surface area (Å²) in [7, 11) is 1.58. The first-order valence-electron chi connectivity index (χ1n) is 5.23. The smallest absolute Gasteiger partial charge is 0.162 e. The number of aliphatic hydroxyl groups is 1. The van der Waals surface area contributed by atoms with Crippen molar-refractivity contribution in [2.45, 2.75) is 26.1 Å². The van der Waals surface area contributed by atoms with Crippen LogP contribution in [0.15, 0.2) is 30.9 Å². The summed E-state index contributed by atoms with van der Waals surface area (Å²) in [6.45, 7) is 7.26. The van der Waals surface area contributed by atoms with Crippen LogP contribution in [-0.2, 0) is 0 Å². The van der Waals surface area contributed by atoms with E-state index in [1.165, 1.54) is 0 Å². The van der Waals surface area contributed by atoms with Gasteiger partial charge >= 0.3 is 0 Å². The molecule has 1 N–H and O–H groups in total. The van der Waals surface area contributed by atoms with Crippen molar-refractivity contribution in [1.29, 1.82) is 0 Å². The summed E-state index contributed by atoms with van der Waals surface area (Å²) in [6, 6.07) is 5.38. The number of rotatable bonds is 5. The standard InChI is InChI=1S/C13H18O3/c1-5-9(2)16-12-7-6-11(10(3)14)8-13(12)15-4/h5-10,14H,1H2,2-4H3. The van der Waals surface area contributed by atoms with Crippen LogP contribution in [0, 0.1) is 0 Å². The van der Waals surface area contributed by atoms with Gasteiger partial charge in [-0.05, 0) is 31.5 Å². The second kappa shape index (κ2) is 5.56. The van der Waals surface area contributed by atoms with E-state index in [4.69, 9.17) is 9.47 Å². The molecule has 0 aliphatic rings. The van der Waals surface area contributed by atoms with Crippen LogP contribution in [-0.4, -0.2) is 18.3 Å². The van der Waals surface area contributed by atoms with Gasteiger partial charge in [-0.25, -0.2) is 0 Å². The average molecular weight is 222 g/mol. The molecule has 3 heteroatoms. The molecule has 88 valence electrons. The highest BCUT2D eigenvalue weighted by molar-refractivity contribution is 5.43. The van der Waals surface area contributed by atoms with Crippen molar-refractivity contribution < 1.29 is 14.6 Å². The van der Waals surface area contributed by atoms with Gasteiger partial charge in [0.15, 0.2) is 11.5 Å². The number of hydrogen-bond donors (Lipinski definition) is 1. The molecule has 0 aliphatic carbocycles. The fraction of sp³-hybridized carbons (Fsp3) is 0.385. The van der Waals surface area contributed by atoms with Crippen LogP contribution >= 0.6 is 0 Å². The summed E-state index contributed by atoms with van der Waals surface area (Å²) in [5.74, 6) is 1.27. The lowest BCUT2D eigenvalue weighted by Gasteiger charge is -2.15. The van der Waals surface area contributed by atoms with E-state index in [0.717, 1.165) is 5.56 Å². The molecule has 0 bridgehead atoms. The SMILES string of the molecule is C=CC(C)Oc1ccc(C(C)O)cc1OC. The van der Waals surface area contributed by atoms with E-state index >= 15 is 0 Å². The van der Waals surface area contributed by atoms with Crippen LogP contribution in [0.3, 0.4) is 0 Å². The Balaban J connectivity index is 2.97. The van der Waals surface area contributed by atoms with E-state index in [0.29, 0.717) is 11.5 Å². The van der Waals surface area contributed by atoms with E-state index in [9.17, 15) is 5.11 Å². The summed E-state index contributed by atoms with van der Waals surface area (Å²) < 4.78 is 10.8. The molecule has 1 rings (SSSR count). The lowest BCUT2D eigenvalue weighted by Crippen LogP contribution is -2.08. The van der Waals surface area contributed by atoms with Gasteiger partial charge < -0.3 is 14.6 Å². The molecule has 0 heterocycles. The number of methoxy groups -OCH3 is 1. The minimum absolute atomic E-state index is 0.0775. The Labute approximate surface area is 96.3 Å². The topological polar surface area (TPSA) is 38.7 Å². The molecular formula is C13H18O3. The highest BCUT2D eigenvalue weighted by Gasteiger charge is 2.10. The largest absolute Gasteiger partial charge is 0.493 e. The Morgan fingerprint density at radius 3 is 2.50 bits per heavy atom. The van der Waals surface area contributed by atoms with Crippen molar-refractivity contribution in [3.8, 4) is 11.5 Å². The number of ether oxygens (including phenoxy) is 2. The molecule has 0 aliphatic heterocycles. The van der Waals surface area contributed by atoms with Crippen molar-refractivity contribution in [2.24, 2.45) is 0 Å². The zero-order valence-electron chi connectivity index (χ0n) is 9.93. The lowest BCUT2D eigenvalue weighted by molar-refractivity contribution is 0.198. The molecule has 3 nitrogen and oxygen atoms in total. The molecule has 1 aromatic carbocycles. The van der Waals surface area contributed by atoms with Gasteiger partial charge in [-0.2, -0.15) is 0 Å². The monoisotopic (exact) mass is 222 g/mol. The van der Waals surface area contributed by atoms with E-state index < -0.39 is 6.10 Å². The summed E-state index contributed by atoms with van der Waals surface area (Å²) in [5, 5.41) is 9.45. The number of benzene rings is 1. The maximum absolute atomic E-state index is 9.45. The summed E-state index contributed by atoms with van der Waals surface area (Å²) in [4.78, 5) is 0. The highest BCUT2D eigenvalue weighted by Crippen LogP contribution is 2.30. The predicted octanol–water partition coefficient (Wildman–Crippen LogP) is 2.70. The van der Waals surface area contributed by atoms with Crippen LogP contribution in [0.4, 0.5) is 0 Å². The van der Waals surface area contributed by atoms with Gasteiger partial charge in [-0.3, -0.25) is 0 Å². The summed E-state index contributed by atoms with van der Waals surface area (Å²) >= 11 is 0. The van der Waals surface area contributed by atoms with Gasteiger partial charge in [-0.1, -0.05) is 18.7 Å². The minimum atomic E-state index is -0.514. The molecule has 0 saturated carbocycles. The highest BCUT2D eigenvalue weighted by atomic mass is 16.5. The van der Waals surface area contributed by atoms with Crippen molar-refractivity contribution in [3.63, 3.8) is 0 Å². The van der Waals surface area contributed by atoms with Crippen LogP contribution in [0.1, 0.15) is 25.5 Å². The summed E-state index contributed by atoms with van der Waals surface area (Å²) in [6.07, 6.45) is 1.12. The van der Waals surface area contributed by atoms with E-state index in [2.05, 4.69) is 6.58 Å². The fourth-order valence-corrected chi connectivity index (χ4v) is 1.29. The quantitative estimate of drug-likeness (QED) is 0.778. The maximum Gasteiger partial charge on any atom is 0.162 e. The van der Waals surface area contributed by atoms with Crippen molar-refractivity contribution in [3.05, 3.63) is 36.4 Å². The molecule has 0 spiro atoms. The Hall–Kier alpha value is -1.48. The second-order valence-corrected chi connectivity index (χ2v) is 3.64. The first kappa shape index (κ1) is 12.6. The third-order valence-corrected chi connectivity index (χ3v) is 2.31. The van der Waals surface area contributed by atoms with Crippen LogP contribution in [0.2, 0.25) is 0 Å². The Morgan fingerprint density at radius 2 is 2.00 bits per heavy atom. The van der Waals surface area contributed by atoms with Crippen LogP contribution in [0.5, 0.6) is 11.5 Å². The molecule has 0 saturated heterocycles. The summed E-state index contributed by atoms with van der Waals surface area (Å²) in [5.41, 5.74) is 0.801. The zero-order chi connectivity index (χ0) is 12.1. The first-order valence-corrected chi connectivity index (χ1v) is 5.23. The Bertz CT molecular complexity index is 358. The van der Waals surface area contributed by atoms with Crippen LogP contribution < -0.4 is 9.47 Å². The first-order chi connectivity index (χ1) is 7.58. The normalized spacial score (nSPS) is 14.0. The fourth-order valence-electron chi connectivity index (χ4n) is 1.29. The second-order valence-electron chi connectivity index (χ2n) is 3.64. The van der Waals surface area contributed by atoms with Crippen LogP contribution in [0.25, 0.3) is 0 Å². The van der Waals surface area contributed by atoms with Crippen molar-refractivity contribution in [2.75, 3.05) is 7.11 Å². The third kappa shape index (κ3) is 3.00. The van der Waals surface area contributed by atoms with Crippen molar-refractivity contribution >= 4 is 0 Å². The van der Waals surface area contributed by atoms with Gasteiger partial charge in [0.1, 0.15) is 6.10 Å². The molecule has 0 radical (unpaired) electrons. The van der Waals surface area contributed by atoms with E-state index in [1.807, 2.05) is 13.0 Å². The van der Waals surface area contributed by atoms with E-state index in [-0.39, 0.29) is 6.10 Å². The van der Waals surface area contributed by atoms with Gasteiger partial charge in [-0.15, -0.1) is 0 Å². The Morgan fingerprint density at radius 1 is 1.31 bits per heavy atom. The number of aliphatic hydroxyl groups excluding tert-OH is 1. The lowest BCUT2D eigenvalue weighted by atomic mass is 10.1. The third-order valence-electron chi connectivity index (χ3n) is 2.31. The minimum Gasteiger partial charge on any atom is -0.493 e. The average Bonchev–Trinajstić information content (AvgIpc) is 2.29. The molecule has 2 atom stereocenters. The Kier molecular flexibility index (Phi) is 4.38. The molecule has 1 aromatic rings. The van der Waals surface area contributed by atoms with E-state index in [1.54, 1.807) is 32.2 Å². The van der Waals surface area contributed by atoms with Gasteiger partial charge in [0, 0.05) is 0 Å². The number of hydrogen-bond acceptors (Lipinski definition) is 3. The van der Waals surface area contributed by atoms with Gasteiger partial charge in [0.2, 0.25) is 0 Å². The molecule has 0 aromatic heterocycles. The molecule has 16 heavy (non-hydrogen) atoms. The maximum atomic E-state index is 9.45.